The van der Waals surface area contributed by atoms with Crippen LogP contribution in [0, 0.1) is 0 Å². The highest BCUT2D eigenvalue weighted by molar-refractivity contribution is 5.95. The SMILES string of the molecule is CCc1ccccc1C(=O)N1CCC(OCCN)CC1. The highest BCUT2D eigenvalue weighted by Crippen LogP contribution is 2.18. The molecule has 1 aliphatic heterocycles. The van der Waals surface area contributed by atoms with Gasteiger partial charge in [0.1, 0.15) is 0 Å². The molecule has 4 nitrogen and oxygen atoms in total. The van der Waals surface area contributed by atoms with Crippen LogP contribution in [0.3, 0.4) is 0 Å². The number of hydrogen-bond acceptors (Lipinski definition) is 3. The number of amides is 1. The van der Waals surface area contributed by atoms with Crippen molar-refractivity contribution in [2.75, 3.05) is 26.2 Å². The van der Waals surface area contributed by atoms with Crippen LogP contribution in [-0.2, 0) is 11.2 Å². The maximum Gasteiger partial charge on any atom is 0.254 e. The Morgan fingerprint density at radius 1 is 1.35 bits per heavy atom. The summed E-state index contributed by atoms with van der Waals surface area (Å²) in [4.78, 5) is 14.5. The smallest absolute Gasteiger partial charge is 0.254 e. The molecule has 0 unspecified atom stereocenters. The zero-order chi connectivity index (χ0) is 14.4. The Kier molecular flexibility index (Phi) is 5.56. The number of benzene rings is 1. The van der Waals surface area contributed by atoms with Gasteiger partial charge in [-0.05, 0) is 30.9 Å². The van der Waals surface area contributed by atoms with Gasteiger partial charge in [-0.3, -0.25) is 4.79 Å². The molecule has 0 saturated carbocycles. The average molecular weight is 276 g/mol. The van der Waals surface area contributed by atoms with E-state index in [-0.39, 0.29) is 12.0 Å². The Bertz CT molecular complexity index is 440. The van der Waals surface area contributed by atoms with Gasteiger partial charge in [-0.15, -0.1) is 0 Å². The first kappa shape index (κ1) is 15.0. The number of hydrogen-bond donors (Lipinski definition) is 1. The monoisotopic (exact) mass is 276 g/mol. The fraction of sp³-hybridized carbons (Fsp3) is 0.562. The van der Waals surface area contributed by atoms with Crippen LogP contribution in [0.4, 0.5) is 0 Å². The number of aryl methyl sites for hydroxylation is 1. The summed E-state index contributed by atoms with van der Waals surface area (Å²) in [5, 5.41) is 0. The van der Waals surface area contributed by atoms with Crippen molar-refractivity contribution < 1.29 is 9.53 Å². The number of nitrogens with two attached hydrogens (primary N) is 1. The summed E-state index contributed by atoms with van der Waals surface area (Å²) in [5.41, 5.74) is 7.41. The first-order valence-electron chi connectivity index (χ1n) is 7.45. The van der Waals surface area contributed by atoms with Crippen molar-refractivity contribution in [3.8, 4) is 0 Å². The number of carbonyl (C=O) groups excluding carboxylic acids is 1. The molecule has 1 heterocycles. The lowest BCUT2D eigenvalue weighted by Crippen LogP contribution is -2.41. The van der Waals surface area contributed by atoms with Gasteiger partial charge >= 0.3 is 0 Å². The number of piperidine rings is 1. The van der Waals surface area contributed by atoms with Gasteiger partial charge in [-0.1, -0.05) is 25.1 Å². The minimum atomic E-state index is 0.153. The topological polar surface area (TPSA) is 55.6 Å². The van der Waals surface area contributed by atoms with Gasteiger partial charge in [0.2, 0.25) is 0 Å². The molecule has 0 aromatic heterocycles. The van der Waals surface area contributed by atoms with Crippen LogP contribution in [0.15, 0.2) is 24.3 Å². The number of ether oxygens (including phenoxy) is 1. The Balaban J connectivity index is 1.94. The summed E-state index contributed by atoms with van der Waals surface area (Å²) >= 11 is 0. The molecule has 1 fully saturated rings. The minimum absolute atomic E-state index is 0.153. The van der Waals surface area contributed by atoms with Gasteiger partial charge in [0.25, 0.3) is 5.91 Å². The zero-order valence-corrected chi connectivity index (χ0v) is 12.2. The van der Waals surface area contributed by atoms with Crippen molar-refractivity contribution in [2.45, 2.75) is 32.3 Å². The van der Waals surface area contributed by atoms with Crippen LogP contribution in [0.2, 0.25) is 0 Å². The van der Waals surface area contributed by atoms with Crippen LogP contribution in [0.5, 0.6) is 0 Å². The lowest BCUT2D eigenvalue weighted by atomic mass is 10.0. The third-order valence-corrected chi connectivity index (χ3v) is 3.83. The maximum atomic E-state index is 12.6. The van der Waals surface area contributed by atoms with Crippen molar-refractivity contribution >= 4 is 5.91 Å². The second kappa shape index (κ2) is 7.41. The molecule has 2 N–H and O–H groups in total. The molecule has 0 atom stereocenters. The molecular weight excluding hydrogens is 252 g/mol. The van der Waals surface area contributed by atoms with Crippen LogP contribution < -0.4 is 5.73 Å². The summed E-state index contributed by atoms with van der Waals surface area (Å²) in [7, 11) is 0. The van der Waals surface area contributed by atoms with Crippen LogP contribution in [0.25, 0.3) is 0 Å². The van der Waals surface area contributed by atoms with Crippen LogP contribution in [0.1, 0.15) is 35.7 Å². The van der Waals surface area contributed by atoms with E-state index in [9.17, 15) is 4.79 Å². The van der Waals surface area contributed by atoms with E-state index >= 15 is 0 Å². The van der Waals surface area contributed by atoms with Gasteiger partial charge in [0.15, 0.2) is 0 Å². The molecule has 1 aliphatic rings. The third kappa shape index (κ3) is 3.58. The molecule has 0 spiro atoms. The zero-order valence-electron chi connectivity index (χ0n) is 12.2. The first-order valence-corrected chi connectivity index (χ1v) is 7.45. The lowest BCUT2D eigenvalue weighted by molar-refractivity contribution is 0.0121. The number of likely N-dealkylation sites (tertiary alicyclic amines) is 1. The summed E-state index contributed by atoms with van der Waals surface area (Å²) in [6, 6.07) is 7.88. The van der Waals surface area contributed by atoms with E-state index in [2.05, 4.69) is 6.92 Å². The molecule has 0 radical (unpaired) electrons. The van der Waals surface area contributed by atoms with Gasteiger partial charge in [0.05, 0.1) is 12.7 Å². The van der Waals surface area contributed by atoms with E-state index in [1.165, 1.54) is 0 Å². The number of nitrogens with zero attached hydrogens (tertiary/aromatic N) is 1. The van der Waals surface area contributed by atoms with E-state index in [4.69, 9.17) is 10.5 Å². The van der Waals surface area contributed by atoms with Gasteiger partial charge in [-0.2, -0.15) is 0 Å². The molecule has 0 aliphatic carbocycles. The predicted octanol–water partition coefficient (Wildman–Crippen LogP) is 1.83. The fourth-order valence-corrected chi connectivity index (χ4v) is 2.67. The summed E-state index contributed by atoms with van der Waals surface area (Å²) in [6.45, 7) is 4.79. The van der Waals surface area contributed by atoms with E-state index in [0.717, 1.165) is 43.5 Å². The summed E-state index contributed by atoms with van der Waals surface area (Å²) in [6.07, 6.45) is 2.95. The average Bonchev–Trinajstić information content (AvgIpc) is 2.52. The Labute approximate surface area is 120 Å². The number of carbonyl (C=O) groups is 1. The van der Waals surface area contributed by atoms with Crippen LogP contribution in [-0.4, -0.2) is 43.2 Å². The Hall–Kier alpha value is -1.39. The standard InChI is InChI=1S/C16H24N2O2/c1-2-13-5-3-4-6-15(13)16(19)18-10-7-14(8-11-18)20-12-9-17/h3-6,14H,2,7-12,17H2,1H3. The van der Waals surface area contributed by atoms with Crippen molar-refractivity contribution in [1.29, 1.82) is 0 Å². The lowest BCUT2D eigenvalue weighted by Gasteiger charge is -2.32. The molecule has 1 aromatic rings. The maximum absolute atomic E-state index is 12.6. The fourth-order valence-electron chi connectivity index (χ4n) is 2.67. The van der Waals surface area contributed by atoms with Crippen molar-refractivity contribution in [3.05, 3.63) is 35.4 Å². The minimum Gasteiger partial charge on any atom is -0.377 e. The molecule has 1 saturated heterocycles. The molecule has 2 rings (SSSR count). The van der Waals surface area contributed by atoms with Crippen LogP contribution >= 0.6 is 0 Å². The molecule has 20 heavy (non-hydrogen) atoms. The van der Waals surface area contributed by atoms with Gasteiger partial charge < -0.3 is 15.4 Å². The first-order chi connectivity index (χ1) is 9.76. The molecule has 4 heteroatoms. The molecule has 110 valence electrons. The largest absolute Gasteiger partial charge is 0.377 e. The third-order valence-electron chi connectivity index (χ3n) is 3.83. The van der Waals surface area contributed by atoms with E-state index in [0.29, 0.717) is 13.2 Å². The molecular formula is C16H24N2O2. The van der Waals surface area contributed by atoms with E-state index in [1.54, 1.807) is 0 Å². The molecule has 0 bridgehead atoms. The normalized spacial score (nSPS) is 16.4. The summed E-state index contributed by atoms with van der Waals surface area (Å²) in [5.74, 6) is 0.153. The Morgan fingerprint density at radius 2 is 2.05 bits per heavy atom. The van der Waals surface area contributed by atoms with Crippen molar-refractivity contribution in [2.24, 2.45) is 5.73 Å². The summed E-state index contributed by atoms with van der Waals surface area (Å²) < 4.78 is 5.65. The highest BCUT2D eigenvalue weighted by atomic mass is 16.5. The predicted molar refractivity (Wildman–Crippen MR) is 79.8 cm³/mol. The van der Waals surface area contributed by atoms with Crippen molar-refractivity contribution in [3.63, 3.8) is 0 Å². The highest BCUT2D eigenvalue weighted by Gasteiger charge is 2.24. The van der Waals surface area contributed by atoms with Gasteiger partial charge in [-0.25, -0.2) is 0 Å². The van der Waals surface area contributed by atoms with E-state index < -0.39 is 0 Å². The van der Waals surface area contributed by atoms with Gasteiger partial charge in [0, 0.05) is 25.2 Å². The quantitative estimate of drug-likeness (QED) is 0.892. The van der Waals surface area contributed by atoms with Crippen molar-refractivity contribution in [1.82, 2.24) is 4.90 Å². The molecule has 1 amide bonds. The second-order valence-electron chi connectivity index (χ2n) is 5.16. The molecule has 1 aromatic carbocycles. The Morgan fingerprint density at radius 3 is 2.70 bits per heavy atom. The number of rotatable bonds is 5. The van der Waals surface area contributed by atoms with E-state index in [1.807, 2.05) is 29.2 Å². The second-order valence-corrected chi connectivity index (χ2v) is 5.16.